The molecule has 0 aliphatic heterocycles. The van der Waals surface area contributed by atoms with Gasteiger partial charge in [-0.15, -0.1) is 0 Å². The molecule has 0 fully saturated rings. The third-order valence-electron chi connectivity index (χ3n) is 3.17. The summed E-state index contributed by atoms with van der Waals surface area (Å²) in [5.41, 5.74) is -0.376. The zero-order chi connectivity index (χ0) is 19.3. The van der Waals surface area contributed by atoms with Crippen LogP contribution in [-0.2, 0) is 4.79 Å². The number of hydrogen-bond donors (Lipinski definition) is 1. The van der Waals surface area contributed by atoms with E-state index in [0.29, 0.717) is 5.56 Å². The van der Waals surface area contributed by atoms with Gasteiger partial charge in [-0.25, -0.2) is 0 Å². The molecular weight excluding hydrogens is 364 g/mol. The number of nitrogens with one attached hydrogen (secondary N) is 1. The van der Waals surface area contributed by atoms with Gasteiger partial charge in [0.1, 0.15) is 11.6 Å². The van der Waals surface area contributed by atoms with Crippen molar-refractivity contribution in [2.45, 2.75) is 0 Å². The number of benzene rings is 2. The van der Waals surface area contributed by atoms with E-state index in [4.69, 9.17) is 16.9 Å². The minimum absolute atomic E-state index is 0.0693. The van der Waals surface area contributed by atoms with Crippen LogP contribution in [0, 0.1) is 31.6 Å². The minimum atomic E-state index is -0.810. The molecule has 1 amide bonds. The van der Waals surface area contributed by atoms with Gasteiger partial charge in [0, 0.05) is 24.3 Å². The molecule has 0 spiro atoms. The molecule has 2 rings (SSSR count). The summed E-state index contributed by atoms with van der Waals surface area (Å²) in [7, 11) is 0. The summed E-state index contributed by atoms with van der Waals surface area (Å²) in [4.78, 5) is 32.4. The van der Waals surface area contributed by atoms with Crippen LogP contribution in [0.15, 0.2) is 48.0 Å². The van der Waals surface area contributed by atoms with Crippen LogP contribution in [0.5, 0.6) is 0 Å². The van der Waals surface area contributed by atoms with Crippen molar-refractivity contribution in [3.05, 3.63) is 78.9 Å². The lowest BCUT2D eigenvalue weighted by Crippen LogP contribution is -2.13. The van der Waals surface area contributed by atoms with Crippen molar-refractivity contribution in [1.82, 2.24) is 0 Å². The number of anilines is 1. The first-order valence-electron chi connectivity index (χ1n) is 6.93. The molecule has 10 heteroatoms. The number of rotatable bonds is 5. The first-order chi connectivity index (χ1) is 12.3. The zero-order valence-electron chi connectivity index (χ0n) is 12.9. The number of nitriles is 1. The largest absolute Gasteiger partial charge is 0.320 e. The van der Waals surface area contributed by atoms with Gasteiger partial charge in [-0.1, -0.05) is 23.7 Å². The highest BCUT2D eigenvalue weighted by molar-refractivity contribution is 6.34. The Morgan fingerprint density at radius 3 is 2.35 bits per heavy atom. The van der Waals surface area contributed by atoms with E-state index in [0.717, 1.165) is 12.1 Å². The maximum absolute atomic E-state index is 12.2. The molecule has 9 nitrogen and oxygen atoms in total. The second-order valence-electron chi connectivity index (χ2n) is 4.90. The van der Waals surface area contributed by atoms with Crippen molar-refractivity contribution in [3.8, 4) is 6.07 Å². The molecule has 0 heterocycles. The Balaban J connectivity index is 2.27. The van der Waals surface area contributed by atoms with Crippen LogP contribution in [0.25, 0.3) is 6.08 Å². The normalized spacial score (nSPS) is 10.7. The topological polar surface area (TPSA) is 139 Å². The number of nitro benzene ring substituents is 2. The number of nitro groups is 2. The second-order valence-corrected chi connectivity index (χ2v) is 5.30. The molecule has 0 aliphatic carbocycles. The number of nitrogens with zero attached hydrogens (tertiary/aromatic N) is 3. The fourth-order valence-corrected chi connectivity index (χ4v) is 2.17. The molecule has 2 aromatic carbocycles. The average molecular weight is 373 g/mol. The smallest absolute Gasteiger partial charge is 0.271 e. The van der Waals surface area contributed by atoms with Crippen molar-refractivity contribution in [2.75, 3.05) is 5.32 Å². The molecule has 1 N–H and O–H groups in total. The quantitative estimate of drug-likeness (QED) is 0.367. The zero-order valence-corrected chi connectivity index (χ0v) is 13.6. The molecule has 0 saturated heterocycles. The van der Waals surface area contributed by atoms with Crippen LogP contribution in [0.4, 0.5) is 17.1 Å². The van der Waals surface area contributed by atoms with E-state index < -0.39 is 15.8 Å². The Hall–Kier alpha value is -3.77. The van der Waals surface area contributed by atoms with Crippen molar-refractivity contribution in [1.29, 1.82) is 5.26 Å². The van der Waals surface area contributed by atoms with E-state index in [1.165, 1.54) is 36.4 Å². The summed E-state index contributed by atoms with van der Waals surface area (Å²) in [5, 5.41) is 32.9. The highest BCUT2D eigenvalue weighted by atomic mass is 35.5. The number of halogens is 1. The summed E-state index contributed by atoms with van der Waals surface area (Å²) in [6, 6.07) is 10.6. The third-order valence-corrected chi connectivity index (χ3v) is 3.48. The summed E-state index contributed by atoms with van der Waals surface area (Å²) in [5.74, 6) is -0.810. The van der Waals surface area contributed by atoms with Gasteiger partial charge in [-0.05, 0) is 17.7 Å². The predicted molar refractivity (Wildman–Crippen MR) is 93.4 cm³/mol. The lowest BCUT2D eigenvalue weighted by molar-refractivity contribution is -0.385. The van der Waals surface area contributed by atoms with Crippen molar-refractivity contribution in [3.63, 3.8) is 0 Å². The second kappa shape index (κ2) is 7.87. The van der Waals surface area contributed by atoms with Gasteiger partial charge in [0.15, 0.2) is 0 Å². The van der Waals surface area contributed by atoms with Crippen LogP contribution < -0.4 is 5.32 Å². The highest BCUT2D eigenvalue weighted by Gasteiger charge is 2.15. The van der Waals surface area contributed by atoms with Gasteiger partial charge in [-0.2, -0.15) is 5.26 Å². The number of carbonyl (C=O) groups is 1. The molecule has 0 bridgehead atoms. The van der Waals surface area contributed by atoms with E-state index >= 15 is 0 Å². The van der Waals surface area contributed by atoms with Gasteiger partial charge in [0.05, 0.1) is 20.6 Å². The Morgan fingerprint density at radius 1 is 1.12 bits per heavy atom. The van der Waals surface area contributed by atoms with Gasteiger partial charge in [-0.3, -0.25) is 25.0 Å². The Bertz CT molecular complexity index is 981. The molecule has 0 radical (unpaired) electrons. The van der Waals surface area contributed by atoms with Crippen LogP contribution in [0.3, 0.4) is 0 Å². The average Bonchev–Trinajstić information content (AvgIpc) is 2.61. The van der Waals surface area contributed by atoms with Crippen LogP contribution in [0.2, 0.25) is 5.02 Å². The van der Waals surface area contributed by atoms with Crippen molar-refractivity contribution >= 4 is 40.6 Å². The monoisotopic (exact) mass is 372 g/mol. The van der Waals surface area contributed by atoms with Crippen molar-refractivity contribution < 1.29 is 14.6 Å². The van der Waals surface area contributed by atoms with E-state index in [-0.39, 0.29) is 27.7 Å². The van der Waals surface area contributed by atoms with E-state index in [9.17, 15) is 25.0 Å². The first-order valence-corrected chi connectivity index (χ1v) is 7.31. The molecule has 26 heavy (non-hydrogen) atoms. The Morgan fingerprint density at radius 2 is 1.77 bits per heavy atom. The summed E-state index contributed by atoms with van der Waals surface area (Å²) in [6.07, 6.45) is 1.18. The number of hydrogen-bond acceptors (Lipinski definition) is 6. The highest BCUT2D eigenvalue weighted by Crippen LogP contribution is 2.27. The van der Waals surface area contributed by atoms with E-state index in [2.05, 4.69) is 5.32 Å². The van der Waals surface area contributed by atoms with Crippen LogP contribution >= 0.6 is 11.6 Å². The minimum Gasteiger partial charge on any atom is -0.320 e. The molecule has 0 unspecified atom stereocenters. The lowest BCUT2D eigenvalue weighted by atomic mass is 10.1. The molecule has 0 aromatic heterocycles. The van der Waals surface area contributed by atoms with Crippen LogP contribution in [0.1, 0.15) is 5.56 Å². The third kappa shape index (κ3) is 4.40. The van der Waals surface area contributed by atoms with Crippen molar-refractivity contribution in [2.24, 2.45) is 0 Å². The van der Waals surface area contributed by atoms with Gasteiger partial charge >= 0.3 is 0 Å². The van der Waals surface area contributed by atoms with E-state index in [1.54, 1.807) is 6.07 Å². The van der Waals surface area contributed by atoms with Crippen LogP contribution in [-0.4, -0.2) is 15.8 Å². The molecule has 0 saturated carbocycles. The fraction of sp³-hybridized carbons (Fsp3) is 0. The van der Waals surface area contributed by atoms with Gasteiger partial charge < -0.3 is 5.32 Å². The maximum atomic E-state index is 12.2. The summed E-state index contributed by atoms with van der Waals surface area (Å²) < 4.78 is 0. The first kappa shape index (κ1) is 18.6. The Labute approximate surface area is 151 Å². The van der Waals surface area contributed by atoms with Gasteiger partial charge in [0.2, 0.25) is 0 Å². The standard InChI is InChI=1S/C16H9ClN4O5/c17-14-8-13(21(25)26)4-5-15(14)19-16(22)11(9-18)6-10-2-1-3-12(7-10)20(23)24/h1-8H,(H,19,22)/b11-6+. The predicted octanol–water partition coefficient (Wildman–Crippen LogP) is 3.70. The van der Waals surface area contributed by atoms with E-state index in [1.807, 2.05) is 0 Å². The molecule has 0 aliphatic rings. The SMILES string of the molecule is N#C/C(=C\c1cccc([N+](=O)[O-])c1)C(=O)Nc1ccc([N+](=O)[O-])cc1Cl. The van der Waals surface area contributed by atoms with Gasteiger partial charge in [0.25, 0.3) is 17.3 Å². The molecule has 2 aromatic rings. The lowest BCUT2D eigenvalue weighted by Gasteiger charge is -2.06. The molecule has 130 valence electrons. The number of non-ortho nitro benzene ring substituents is 2. The summed E-state index contributed by atoms with van der Waals surface area (Å²) >= 11 is 5.88. The number of carbonyl (C=O) groups excluding carboxylic acids is 1. The number of amides is 1. The summed E-state index contributed by atoms with van der Waals surface area (Å²) in [6.45, 7) is 0. The maximum Gasteiger partial charge on any atom is 0.271 e. The molecule has 0 atom stereocenters. The Kier molecular flexibility index (Phi) is 5.62. The molecular formula is C16H9ClN4O5. The fourth-order valence-electron chi connectivity index (χ4n) is 1.95.